The summed E-state index contributed by atoms with van der Waals surface area (Å²) in [6, 6.07) is 16.0. The number of carbonyl (C=O) groups is 1. The minimum absolute atomic E-state index is 0.406. The molecule has 2 rings (SSSR count). The number of carbonyl (C=O) groups excluding carboxylic acids is 1. The van der Waals surface area contributed by atoms with E-state index >= 15 is 0 Å². The highest BCUT2D eigenvalue weighted by Gasteiger charge is 2.11. The van der Waals surface area contributed by atoms with Gasteiger partial charge in [0.1, 0.15) is 5.75 Å². The molecule has 0 bridgehead atoms. The van der Waals surface area contributed by atoms with Crippen LogP contribution in [0.3, 0.4) is 0 Å². The molecule has 0 unspecified atom stereocenters. The van der Waals surface area contributed by atoms with Gasteiger partial charge in [0.15, 0.2) is 0 Å². The summed E-state index contributed by atoms with van der Waals surface area (Å²) in [5.74, 6) is 0.0704. The Kier molecular flexibility index (Phi) is 4.50. The van der Waals surface area contributed by atoms with Crippen LogP contribution < -0.4 is 4.74 Å². The van der Waals surface area contributed by atoms with Crippen molar-refractivity contribution in [1.29, 1.82) is 0 Å². The summed E-state index contributed by atoms with van der Waals surface area (Å²) in [6.45, 7) is 1.70. The van der Waals surface area contributed by atoms with E-state index in [1.54, 1.807) is 43.3 Å². The Bertz CT molecular complexity index is 621. The molecule has 0 amide bonds. The molecular formula is C16H15NO3. The number of ether oxygens (including phenoxy) is 1. The van der Waals surface area contributed by atoms with Crippen molar-refractivity contribution < 1.29 is 14.7 Å². The summed E-state index contributed by atoms with van der Waals surface area (Å²) in [7, 11) is 0. The van der Waals surface area contributed by atoms with Crippen molar-refractivity contribution in [3.8, 4) is 5.75 Å². The number of benzene rings is 2. The van der Waals surface area contributed by atoms with Crippen molar-refractivity contribution in [3.63, 3.8) is 0 Å². The minimum atomic E-state index is -0.406. The zero-order valence-electron chi connectivity index (χ0n) is 11.1. The average molecular weight is 269 g/mol. The van der Waals surface area contributed by atoms with Gasteiger partial charge in [-0.2, -0.15) is 0 Å². The molecule has 4 heteroatoms. The molecule has 20 heavy (non-hydrogen) atoms. The van der Waals surface area contributed by atoms with Gasteiger partial charge < -0.3 is 9.94 Å². The van der Waals surface area contributed by atoms with Crippen LogP contribution in [0.4, 0.5) is 0 Å². The fourth-order valence-corrected chi connectivity index (χ4v) is 1.79. The van der Waals surface area contributed by atoms with Crippen molar-refractivity contribution in [2.45, 2.75) is 13.3 Å². The summed E-state index contributed by atoms with van der Waals surface area (Å²) in [4.78, 5) is 12.0. The van der Waals surface area contributed by atoms with Gasteiger partial charge in [0.2, 0.25) is 0 Å². The lowest BCUT2D eigenvalue weighted by atomic mass is 10.1. The third kappa shape index (κ3) is 3.45. The van der Waals surface area contributed by atoms with Crippen molar-refractivity contribution in [1.82, 2.24) is 0 Å². The number of hydrogen-bond donors (Lipinski definition) is 1. The second kappa shape index (κ2) is 6.52. The first kappa shape index (κ1) is 13.8. The number of rotatable bonds is 4. The monoisotopic (exact) mass is 269 g/mol. The Hall–Kier alpha value is -2.62. The van der Waals surface area contributed by atoms with E-state index in [4.69, 9.17) is 9.94 Å². The van der Waals surface area contributed by atoms with Crippen molar-refractivity contribution in [3.05, 3.63) is 65.7 Å². The Morgan fingerprint density at radius 1 is 1.10 bits per heavy atom. The van der Waals surface area contributed by atoms with Gasteiger partial charge in [0.25, 0.3) is 0 Å². The molecule has 0 aromatic heterocycles. The maximum Gasteiger partial charge on any atom is 0.343 e. The van der Waals surface area contributed by atoms with E-state index in [1.165, 1.54) is 0 Å². The van der Waals surface area contributed by atoms with Gasteiger partial charge in [-0.25, -0.2) is 4.79 Å². The maximum absolute atomic E-state index is 12.0. The molecule has 0 radical (unpaired) electrons. The van der Waals surface area contributed by atoms with Gasteiger partial charge in [0, 0.05) is 12.0 Å². The van der Waals surface area contributed by atoms with Crippen LogP contribution in [0, 0.1) is 0 Å². The van der Waals surface area contributed by atoms with Gasteiger partial charge in [-0.05, 0) is 25.1 Å². The first-order chi connectivity index (χ1) is 9.70. The number of para-hydroxylation sites is 1. The summed E-state index contributed by atoms with van der Waals surface area (Å²) in [5.41, 5.74) is 1.84. The summed E-state index contributed by atoms with van der Waals surface area (Å²) in [5, 5.41) is 11.9. The Morgan fingerprint density at radius 2 is 1.75 bits per heavy atom. The Morgan fingerprint density at radius 3 is 2.45 bits per heavy atom. The number of esters is 1. The highest BCUT2D eigenvalue weighted by Crippen LogP contribution is 2.20. The van der Waals surface area contributed by atoms with Crippen LogP contribution >= 0.6 is 0 Å². The largest absolute Gasteiger partial charge is 0.423 e. The molecule has 2 aromatic carbocycles. The third-order valence-corrected chi connectivity index (χ3v) is 2.80. The topological polar surface area (TPSA) is 58.9 Å². The Labute approximate surface area is 117 Å². The first-order valence-corrected chi connectivity index (χ1v) is 6.23. The molecule has 102 valence electrons. The fourth-order valence-electron chi connectivity index (χ4n) is 1.79. The van der Waals surface area contributed by atoms with Gasteiger partial charge in [-0.15, -0.1) is 0 Å². The SMILES string of the molecule is C/C(Cc1ccccc1OC(=O)c1ccccc1)=N/O. The molecule has 0 saturated carbocycles. The van der Waals surface area contributed by atoms with Crippen LogP contribution in [0.1, 0.15) is 22.8 Å². The number of nitrogens with zero attached hydrogens (tertiary/aromatic N) is 1. The lowest BCUT2D eigenvalue weighted by molar-refractivity contribution is 0.0733. The second-order valence-electron chi connectivity index (χ2n) is 4.38. The lowest BCUT2D eigenvalue weighted by Crippen LogP contribution is -2.10. The molecule has 0 aliphatic rings. The highest BCUT2D eigenvalue weighted by atomic mass is 16.5. The summed E-state index contributed by atoms with van der Waals surface area (Å²) < 4.78 is 5.40. The van der Waals surface area contributed by atoms with E-state index in [2.05, 4.69) is 5.16 Å². The zero-order valence-corrected chi connectivity index (χ0v) is 11.1. The van der Waals surface area contributed by atoms with Gasteiger partial charge in [-0.3, -0.25) is 0 Å². The predicted molar refractivity (Wildman–Crippen MR) is 76.4 cm³/mol. The molecule has 1 N–H and O–H groups in total. The number of hydrogen-bond acceptors (Lipinski definition) is 4. The van der Waals surface area contributed by atoms with Crippen molar-refractivity contribution in [2.24, 2.45) is 5.16 Å². The standard InChI is InChI=1S/C16H15NO3/c1-12(17-19)11-14-9-5-6-10-15(14)20-16(18)13-7-3-2-4-8-13/h2-10,19H,11H2,1H3/b17-12-. The quantitative estimate of drug-likeness (QED) is 0.304. The van der Waals surface area contributed by atoms with Crippen molar-refractivity contribution in [2.75, 3.05) is 0 Å². The van der Waals surface area contributed by atoms with E-state index in [0.29, 0.717) is 23.4 Å². The van der Waals surface area contributed by atoms with E-state index < -0.39 is 5.97 Å². The number of oxime groups is 1. The van der Waals surface area contributed by atoms with Gasteiger partial charge in [-0.1, -0.05) is 41.6 Å². The van der Waals surface area contributed by atoms with Crippen LogP contribution in [0.2, 0.25) is 0 Å². The molecule has 0 atom stereocenters. The van der Waals surface area contributed by atoms with Gasteiger partial charge >= 0.3 is 5.97 Å². The molecule has 0 aliphatic heterocycles. The second-order valence-corrected chi connectivity index (χ2v) is 4.38. The maximum atomic E-state index is 12.0. The van der Waals surface area contributed by atoms with Gasteiger partial charge in [0.05, 0.1) is 11.3 Å². The minimum Gasteiger partial charge on any atom is -0.423 e. The molecule has 0 fully saturated rings. The van der Waals surface area contributed by atoms with Crippen molar-refractivity contribution >= 4 is 11.7 Å². The van der Waals surface area contributed by atoms with Crippen LogP contribution in [-0.4, -0.2) is 16.9 Å². The molecule has 0 heterocycles. The molecule has 0 saturated heterocycles. The molecule has 0 aliphatic carbocycles. The van der Waals surface area contributed by atoms with Crippen LogP contribution in [-0.2, 0) is 6.42 Å². The fraction of sp³-hybridized carbons (Fsp3) is 0.125. The van der Waals surface area contributed by atoms with Crippen LogP contribution in [0.5, 0.6) is 5.75 Å². The normalized spacial score (nSPS) is 11.2. The molecular weight excluding hydrogens is 254 g/mol. The van der Waals surface area contributed by atoms with E-state index in [-0.39, 0.29) is 0 Å². The summed E-state index contributed by atoms with van der Waals surface area (Å²) >= 11 is 0. The first-order valence-electron chi connectivity index (χ1n) is 6.23. The van der Waals surface area contributed by atoms with Crippen LogP contribution in [0.15, 0.2) is 59.8 Å². The molecule has 2 aromatic rings. The summed E-state index contributed by atoms with van der Waals surface area (Å²) in [6.07, 6.45) is 0.425. The molecule has 4 nitrogen and oxygen atoms in total. The average Bonchev–Trinajstić information content (AvgIpc) is 2.50. The smallest absolute Gasteiger partial charge is 0.343 e. The Balaban J connectivity index is 2.19. The predicted octanol–water partition coefficient (Wildman–Crippen LogP) is 3.30. The van der Waals surface area contributed by atoms with Crippen LogP contribution in [0.25, 0.3) is 0 Å². The molecule has 0 spiro atoms. The highest BCUT2D eigenvalue weighted by molar-refractivity contribution is 5.91. The third-order valence-electron chi connectivity index (χ3n) is 2.80. The van der Waals surface area contributed by atoms with E-state index in [9.17, 15) is 4.79 Å². The van der Waals surface area contributed by atoms with E-state index in [0.717, 1.165) is 5.56 Å². The lowest BCUT2D eigenvalue weighted by Gasteiger charge is -2.09. The van der Waals surface area contributed by atoms with E-state index in [1.807, 2.05) is 18.2 Å². The zero-order chi connectivity index (χ0) is 14.4.